The van der Waals surface area contributed by atoms with Crippen LogP contribution in [0.1, 0.15) is 0 Å². The molecule has 0 bridgehead atoms. The molecule has 0 N–H and O–H groups in total. The molecule has 1 nitrogen and oxygen atoms in total. The van der Waals surface area contributed by atoms with E-state index in [1.54, 1.807) is 0 Å². The first-order valence-corrected chi connectivity index (χ1v) is 4.96. The Bertz CT molecular complexity index is 559. The molecule has 78 valence electrons. The van der Waals surface area contributed by atoms with Crippen molar-refractivity contribution in [2.75, 3.05) is 0 Å². The number of pyridine rings is 1. The van der Waals surface area contributed by atoms with Crippen LogP contribution in [-0.4, -0.2) is 4.98 Å². The van der Waals surface area contributed by atoms with E-state index < -0.39 is 17.5 Å². The van der Waals surface area contributed by atoms with Crippen molar-refractivity contribution in [3.05, 3.63) is 39.2 Å². The van der Waals surface area contributed by atoms with Gasteiger partial charge in [0.05, 0.1) is 5.02 Å². The van der Waals surface area contributed by atoms with Gasteiger partial charge in [-0.15, -0.1) is 0 Å². The van der Waals surface area contributed by atoms with Crippen LogP contribution in [-0.2, 0) is 0 Å². The highest BCUT2D eigenvalue weighted by Crippen LogP contribution is 2.32. The molecule has 0 saturated carbocycles. The summed E-state index contributed by atoms with van der Waals surface area (Å²) in [7, 11) is 0. The largest absolute Gasteiger partial charge is 0.251 e. The number of fused-ring (bicyclic) bond motifs is 1. The van der Waals surface area contributed by atoms with Crippen LogP contribution in [0.4, 0.5) is 13.2 Å². The van der Waals surface area contributed by atoms with E-state index in [9.17, 15) is 13.2 Å². The van der Waals surface area contributed by atoms with Gasteiger partial charge < -0.3 is 0 Å². The van der Waals surface area contributed by atoms with Crippen LogP contribution in [0.5, 0.6) is 0 Å². The van der Waals surface area contributed by atoms with Crippen LogP contribution in [0.25, 0.3) is 10.9 Å². The summed E-state index contributed by atoms with van der Waals surface area (Å²) in [6.07, 6.45) is 1.16. The molecule has 0 radical (unpaired) electrons. The van der Waals surface area contributed by atoms with Crippen molar-refractivity contribution in [2.45, 2.75) is 0 Å². The topological polar surface area (TPSA) is 12.9 Å². The zero-order valence-corrected chi connectivity index (χ0v) is 9.33. The molecule has 1 aromatic carbocycles. The lowest BCUT2D eigenvalue weighted by atomic mass is 10.2. The Labute approximate surface area is 96.0 Å². The summed E-state index contributed by atoms with van der Waals surface area (Å²) in [4.78, 5) is 3.60. The number of aromatic nitrogens is 1. The van der Waals surface area contributed by atoms with E-state index >= 15 is 0 Å². The standard InChI is InChI=1S/C9H2BrClF3N/c10-6-3-1-5(12)7(13)8(14)9(3)15-2-4(6)11/h1-2H. The molecule has 1 aromatic heterocycles. The molecule has 0 saturated heterocycles. The Morgan fingerprint density at radius 3 is 2.53 bits per heavy atom. The molecular weight excluding hydrogens is 294 g/mol. The first-order valence-electron chi connectivity index (χ1n) is 3.79. The van der Waals surface area contributed by atoms with Crippen LogP contribution in [0.2, 0.25) is 5.02 Å². The zero-order chi connectivity index (χ0) is 11.2. The number of rotatable bonds is 0. The summed E-state index contributed by atoms with van der Waals surface area (Å²) in [5, 5.41) is 0.298. The molecule has 2 rings (SSSR count). The molecule has 6 heteroatoms. The fraction of sp³-hybridized carbons (Fsp3) is 0. The minimum absolute atomic E-state index is 0.0962. The normalized spacial score (nSPS) is 11.0. The molecule has 0 atom stereocenters. The SMILES string of the molecule is Fc1cc2c(Br)c(Cl)cnc2c(F)c1F. The van der Waals surface area contributed by atoms with Gasteiger partial charge in [-0.05, 0) is 22.0 Å². The van der Waals surface area contributed by atoms with Crippen LogP contribution < -0.4 is 0 Å². The second-order valence-corrected chi connectivity index (χ2v) is 4.00. The number of hydrogen-bond donors (Lipinski definition) is 0. The Morgan fingerprint density at radius 2 is 1.87 bits per heavy atom. The van der Waals surface area contributed by atoms with Gasteiger partial charge in [-0.25, -0.2) is 13.2 Å². The van der Waals surface area contributed by atoms with E-state index in [-0.39, 0.29) is 20.4 Å². The molecular formula is C9H2BrClF3N. The zero-order valence-electron chi connectivity index (χ0n) is 6.99. The van der Waals surface area contributed by atoms with Gasteiger partial charge >= 0.3 is 0 Å². The molecule has 0 amide bonds. The average Bonchev–Trinajstić information content (AvgIpc) is 2.21. The summed E-state index contributed by atoms with van der Waals surface area (Å²) < 4.78 is 39.3. The number of hydrogen-bond acceptors (Lipinski definition) is 1. The minimum atomic E-state index is -1.54. The van der Waals surface area contributed by atoms with E-state index in [0.717, 1.165) is 12.3 Å². The predicted molar refractivity (Wildman–Crippen MR) is 54.3 cm³/mol. The van der Waals surface area contributed by atoms with Crippen LogP contribution in [0, 0.1) is 17.5 Å². The molecule has 0 aliphatic carbocycles. The summed E-state index contributed by atoms with van der Waals surface area (Å²) in [6.45, 7) is 0. The molecule has 2 aromatic rings. The lowest BCUT2D eigenvalue weighted by molar-refractivity contribution is 0.452. The number of nitrogens with zero attached hydrogens (tertiary/aromatic N) is 1. The maximum Gasteiger partial charge on any atom is 0.196 e. The Balaban J connectivity index is 2.98. The van der Waals surface area contributed by atoms with Gasteiger partial charge in [0.2, 0.25) is 0 Å². The first kappa shape index (κ1) is 10.7. The van der Waals surface area contributed by atoms with Gasteiger partial charge in [-0.3, -0.25) is 4.98 Å². The van der Waals surface area contributed by atoms with Gasteiger partial charge in [0.1, 0.15) is 5.52 Å². The fourth-order valence-corrected chi connectivity index (χ4v) is 1.74. The number of halogens is 5. The van der Waals surface area contributed by atoms with Crippen molar-refractivity contribution >= 4 is 38.4 Å². The third-order valence-corrected chi connectivity index (χ3v) is 3.26. The van der Waals surface area contributed by atoms with Gasteiger partial charge in [-0.2, -0.15) is 0 Å². The van der Waals surface area contributed by atoms with Gasteiger partial charge in [-0.1, -0.05) is 11.6 Å². The molecule has 0 fully saturated rings. The molecule has 0 aliphatic rings. The summed E-state index contributed by atoms with van der Waals surface area (Å²) in [5.41, 5.74) is -0.259. The maximum absolute atomic E-state index is 13.2. The first-order chi connectivity index (χ1) is 7.02. The molecule has 0 unspecified atom stereocenters. The van der Waals surface area contributed by atoms with E-state index in [4.69, 9.17) is 11.6 Å². The maximum atomic E-state index is 13.2. The second kappa shape index (κ2) is 3.64. The number of benzene rings is 1. The molecule has 0 aliphatic heterocycles. The van der Waals surface area contributed by atoms with E-state index in [2.05, 4.69) is 20.9 Å². The highest BCUT2D eigenvalue weighted by molar-refractivity contribution is 9.10. The Kier molecular flexibility index (Phi) is 2.60. The van der Waals surface area contributed by atoms with Crippen LogP contribution in [0.3, 0.4) is 0 Å². The lowest BCUT2D eigenvalue weighted by Crippen LogP contribution is -1.95. The van der Waals surface area contributed by atoms with Crippen molar-refractivity contribution in [3.63, 3.8) is 0 Å². The second-order valence-electron chi connectivity index (χ2n) is 2.80. The van der Waals surface area contributed by atoms with Crippen molar-refractivity contribution in [1.29, 1.82) is 0 Å². The third kappa shape index (κ3) is 1.59. The van der Waals surface area contributed by atoms with Crippen LogP contribution >= 0.6 is 27.5 Å². The smallest absolute Gasteiger partial charge is 0.196 e. The molecule has 1 heterocycles. The van der Waals surface area contributed by atoms with Crippen molar-refractivity contribution in [2.24, 2.45) is 0 Å². The minimum Gasteiger partial charge on any atom is -0.251 e. The molecule has 15 heavy (non-hydrogen) atoms. The summed E-state index contributed by atoms with van der Waals surface area (Å²) >= 11 is 8.73. The predicted octanol–water partition coefficient (Wildman–Crippen LogP) is 4.07. The van der Waals surface area contributed by atoms with Crippen molar-refractivity contribution in [3.8, 4) is 0 Å². The lowest BCUT2D eigenvalue weighted by Gasteiger charge is -2.04. The Hall–Kier alpha value is -0.810. The summed E-state index contributed by atoms with van der Waals surface area (Å²) in [6, 6.07) is 0.844. The fourth-order valence-electron chi connectivity index (χ4n) is 1.19. The van der Waals surface area contributed by atoms with Crippen molar-refractivity contribution < 1.29 is 13.2 Å². The molecule has 0 spiro atoms. The van der Waals surface area contributed by atoms with E-state index in [1.807, 2.05) is 0 Å². The van der Waals surface area contributed by atoms with Gasteiger partial charge in [0, 0.05) is 16.1 Å². The van der Waals surface area contributed by atoms with Crippen LogP contribution in [0.15, 0.2) is 16.7 Å². The highest BCUT2D eigenvalue weighted by Gasteiger charge is 2.17. The Morgan fingerprint density at radius 1 is 1.20 bits per heavy atom. The van der Waals surface area contributed by atoms with E-state index in [1.165, 1.54) is 0 Å². The van der Waals surface area contributed by atoms with Crippen molar-refractivity contribution in [1.82, 2.24) is 4.98 Å². The summed E-state index contributed by atoms with van der Waals surface area (Å²) in [5.74, 6) is -4.13. The van der Waals surface area contributed by atoms with Gasteiger partial charge in [0.15, 0.2) is 17.5 Å². The quantitative estimate of drug-likeness (QED) is 0.668. The third-order valence-electron chi connectivity index (χ3n) is 1.89. The average molecular weight is 296 g/mol. The highest BCUT2D eigenvalue weighted by atomic mass is 79.9. The van der Waals surface area contributed by atoms with Gasteiger partial charge in [0.25, 0.3) is 0 Å². The monoisotopic (exact) mass is 295 g/mol. The van der Waals surface area contributed by atoms with E-state index in [0.29, 0.717) is 0 Å².